The van der Waals surface area contributed by atoms with E-state index in [0.29, 0.717) is 22.5 Å². The van der Waals surface area contributed by atoms with Crippen molar-refractivity contribution in [1.29, 1.82) is 0 Å². The molecule has 0 aromatic carbocycles. The van der Waals surface area contributed by atoms with Crippen molar-refractivity contribution in [3.05, 3.63) is 61.0 Å². The maximum atomic E-state index is 13.3. The number of halogens is 1. The van der Waals surface area contributed by atoms with Crippen molar-refractivity contribution in [3.8, 4) is 11.6 Å². The summed E-state index contributed by atoms with van der Waals surface area (Å²) in [5.41, 5.74) is 1.96. The smallest absolute Gasteiger partial charge is 0.249 e. The summed E-state index contributed by atoms with van der Waals surface area (Å²) in [5.74, 6) is 0.208. The molecule has 0 spiro atoms. The summed E-state index contributed by atoms with van der Waals surface area (Å²) in [5, 5.41) is 0.484. The number of nitrogens with zero attached hydrogens (tertiary/aromatic N) is 4. The lowest BCUT2D eigenvalue weighted by atomic mass is 10.2. The van der Waals surface area contributed by atoms with E-state index in [1.165, 1.54) is 12.5 Å². The summed E-state index contributed by atoms with van der Waals surface area (Å²) >= 11 is 0. The fourth-order valence-corrected chi connectivity index (χ4v) is 2.90. The average Bonchev–Trinajstić information content (AvgIpc) is 3.73. The monoisotopic (exact) mass is 559 g/mol. The van der Waals surface area contributed by atoms with Gasteiger partial charge in [0.25, 0.3) is 0 Å². The van der Waals surface area contributed by atoms with Gasteiger partial charge in [0.2, 0.25) is 11.8 Å². The largest absolute Gasteiger partial charge is 0.443 e. The molecule has 40 heavy (non-hydrogen) atoms. The predicted octanol–water partition coefficient (Wildman–Crippen LogP) is 6.10. The molecule has 1 fully saturated rings. The molecule has 0 unspecified atom stereocenters. The van der Waals surface area contributed by atoms with Crippen molar-refractivity contribution in [2.45, 2.75) is 54.9 Å². The molecule has 9 nitrogen and oxygen atoms in total. The van der Waals surface area contributed by atoms with Crippen LogP contribution in [-0.2, 0) is 14.4 Å². The van der Waals surface area contributed by atoms with Gasteiger partial charge in [-0.2, -0.15) is 0 Å². The van der Waals surface area contributed by atoms with Crippen molar-refractivity contribution >= 4 is 29.4 Å². The molecule has 1 N–H and O–H groups in total. The molecule has 1 saturated heterocycles. The molecule has 4 rings (SSSR count). The first kappa shape index (κ1) is 38.2. The molecule has 4 heterocycles. The predicted molar refractivity (Wildman–Crippen MR) is 160 cm³/mol. The normalized spacial score (nSPS) is 12.2. The highest BCUT2D eigenvalue weighted by Gasteiger charge is 2.19. The zero-order valence-corrected chi connectivity index (χ0v) is 25.2. The third kappa shape index (κ3) is 13.7. The van der Waals surface area contributed by atoms with E-state index in [9.17, 15) is 9.18 Å². The zero-order valence-electron chi connectivity index (χ0n) is 25.2. The number of pyridine rings is 1. The third-order valence-corrected chi connectivity index (χ3v) is 5.09. The first-order valence-corrected chi connectivity index (χ1v) is 13.5. The lowest BCUT2D eigenvalue weighted by Gasteiger charge is -2.32. The number of allylic oxidation sites excluding steroid dienone is 2. The topological polar surface area (TPSA) is 112 Å². The second-order valence-electron chi connectivity index (χ2n) is 7.59. The van der Waals surface area contributed by atoms with E-state index < -0.39 is 0 Å². The number of hydrogen-bond acceptors (Lipinski definition) is 7. The molecule has 222 valence electrons. The van der Waals surface area contributed by atoms with Gasteiger partial charge in [0.1, 0.15) is 12.0 Å². The number of aromatic nitrogens is 3. The van der Waals surface area contributed by atoms with Gasteiger partial charge in [-0.1, -0.05) is 46.8 Å². The summed E-state index contributed by atoms with van der Waals surface area (Å²) in [6.07, 6.45) is 11.0. The number of H-pyrrole nitrogens is 1. The van der Waals surface area contributed by atoms with Gasteiger partial charge in [-0.25, -0.2) is 14.4 Å². The van der Waals surface area contributed by atoms with E-state index in [4.69, 9.17) is 14.0 Å². The van der Waals surface area contributed by atoms with Gasteiger partial charge < -0.3 is 19.2 Å². The molecule has 3 aromatic heterocycles. The van der Waals surface area contributed by atoms with Crippen LogP contribution in [0.2, 0.25) is 0 Å². The van der Waals surface area contributed by atoms with Crippen molar-refractivity contribution in [1.82, 2.24) is 24.8 Å². The van der Waals surface area contributed by atoms with E-state index in [0.717, 1.165) is 44.4 Å². The number of amides is 1. The SMILES string of the molecule is C/C=C(\C)C(=O)N1CCN(C)CC1.C=CCC.CC.CC.Fc1cnc(-c2ncco2)c2[nH]ccc12.O=CC=O. The molecule has 1 amide bonds. The Labute approximate surface area is 238 Å². The molecule has 0 bridgehead atoms. The number of rotatable bonds is 4. The van der Waals surface area contributed by atoms with Crippen LogP contribution in [0.5, 0.6) is 0 Å². The highest BCUT2D eigenvalue weighted by Crippen LogP contribution is 2.25. The van der Waals surface area contributed by atoms with Crippen LogP contribution in [0.25, 0.3) is 22.5 Å². The van der Waals surface area contributed by atoms with Gasteiger partial charge in [-0.15, -0.1) is 6.58 Å². The maximum Gasteiger partial charge on any atom is 0.249 e. The second kappa shape index (κ2) is 24.1. The van der Waals surface area contributed by atoms with Gasteiger partial charge in [-0.3, -0.25) is 14.4 Å². The van der Waals surface area contributed by atoms with E-state index in [2.05, 4.69) is 40.4 Å². The Bertz CT molecular complexity index is 1110. The first-order chi connectivity index (χ1) is 19.3. The number of piperazine rings is 1. The molecule has 0 aliphatic carbocycles. The quantitative estimate of drug-likeness (QED) is 0.178. The van der Waals surface area contributed by atoms with Crippen LogP contribution >= 0.6 is 0 Å². The Morgan fingerprint density at radius 3 is 2.15 bits per heavy atom. The summed E-state index contributed by atoms with van der Waals surface area (Å²) in [6, 6.07) is 1.65. The van der Waals surface area contributed by atoms with Crippen LogP contribution < -0.4 is 0 Å². The molecule has 10 heteroatoms. The van der Waals surface area contributed by atoms with Crippen molar-refractivity contribution < 1.29 is 23.2 Å². The number of aldehydes is 2. The Kier molecular flexibility index (Phi) is 23.1. The number of oxazole rings is 1. The molecule has 1 aliphatic rings. The number of carbonyl (C=O) groups is 3. The van der Waals surface area contributed by atoms with Gasteiger partial charge >= 0.3 is 0 Å². The minimum Gasteiger partial charge on any atom is -0.443 e. The molecule has 3 aromatic rings. The van der Waals surface area contributed by atoms with E-state index in [-0.39, 0.29) is 24.3 Å². The summed E-state index contributed by atoms with van der Waals surface area (Å²) in [6.45, 7) is 21.0. The van der Waals surface area contributed by atoms with E-state index in [1.54, 1.807) is 12.3 Å². The highest BCUT2D eigenvalue weighted by molar-refractivity contribution is 6.09. The Morgan fingerprint density at radius 1 is 1.12 bits per heavy atom. The lowest BCUT2D eigenvalue weighted by molar-refractivity contribution is -0.128. The molecule has 0 radical (unpaired) electrons. The van der Waals surface area contributed by atoms with Gasteiger partial charge in [0, 0.05) is 43.3 Å². The van der Waals surface area contributed by atoms with Crippen molar-refractivity contribution in [2.75, 3.05) is 33.2 Å². The van der Waals surface area contributed by atoms with Crippen LogP contribution in [-0.4, -0.2) is 76.5 Å². The molecule has 0 atom stereocenters. The lowest BCUT2D eigenvalue weighted by Crippen LogP contribution is -2.47. The highest BCUT2D eigenvalue weighted by atomic mass is 19.1. The Hall–Kier alpha value is -3.92. The average molecular weight is 560 g/mol. The van der Waals surface area contributed by atoms with Crippen LogP contribution in [0, 0.1) is 5.82 Å². The van der Waals surface area contributed by atoms with Crippen molar-refractivity contribution in [3.63, 3.8) is 0 Å². The Balaban J connectivity index is 0. The van der Waals surface area contributed by atoms with Crippen molar-refractivity contribution in [2.24, 2.45) is 0 Å². The molecular weight excluding hydrogens is 513 g/mol. The fraction of sp³-hybridized carbons (Fsp3) is 0.433. The number of nitrogens with one attached hydrogen (secondary N) is 1. The zero-order chi connectivity index (χ0) is 30.9. The number of fused-ring (bicyclic) bond motifs is 1. The minimum absolute atomic E-state index is 0.190. The maximum absolute atomic E-state index is 13.3. The second-order valence-corrected chi connectivity index (χ2v) is 7.59. The molecular formula is C30H46FN5O4. The summed E-state index contributed by atoms with van der Waals surface area (Å²) in [7, 11) is 2.09. The Morgan fingerprint density at radius 2 is 1.70 bits per heavy atom. The van der Waals surface area contributed by atoms with Crippen LogP contribution in [0.1, 0.15) is 54.9 Å². The van der Waals surface area contributed by atoms with Gasteiger partial charge in [0.05, 0.1) is 17.9 Å². The number of aromatic amines is 1. The van der Waals surface area contributed by atoms with Gasteiger partial charge in [0.15, 0.2) is 18.4 Å². The minimum atomic E-state index is -0.360. The van der Waals surface area contributed by atoms with E-state index >= 15 is 0 Å². The third-order valence-electron chi connectivity index (χ3n) is 5.09. The van der Waals surface area contributed by atoms with Crippen LogP contribution in [0.3, 0.4) is 0 Å². The molecule has 1 aliphatic heterocycles. The van der Waals surface area contributed by atoms with Crippen LogP contribution in [0.15, 0.2) is 59.6 Å². The molecule has 0 saturated carbocycles. The fourth-order valence-electron chi connectivity index (χ4n) is 2.90. The number of carbonyl (C=O) groups excluding carboxylic acids is 3. The van der Waals surface area contributed by atoms with Gasteiger partial charge in [-0.05, 0) is 33.4 Å². The first-order valence-electron chi connectivity index (χ1n) is 13.5. The summed E-state index contributed by atoms with van der Waals surface area (Å²) < 4.78 is 18.4. The van der Waals surface area contributed by atoms with E-state index in [1.807, 2.05) is 58.6 Å². The summed E-state index contributed by atoms with van der Waals surface area (Å²) in [4.78, 5) is 44.3. The number of likely N-dealkylation sites (N-methyl/N-ethyl adjacent to an activating group) is 1. The standard InChI is InChI=1S/C10H6FN3O.C10H18N2O.C4H8.C2H2O2.2C2H6/c11-7-5-14-9(10-13-3-4-15-10)8-6(7)1-2-12-8;1-4-9(2)10(13)12-7-5-11(3)6-8-12;1-3-4-2;3-1-2-4;2*1-2/h1-5,12H;4H,5-8H2,1-3H3;3H,1,4H2,2H3;1-2H;2*1-2H3/b;9-4+;;;;. The van der Waals surface area contributed by atoms with Crippen LogP contribution in [0.4, 0.5) is 4.39 Å². The number of hydrogen-bond donors (Lipinski definition) is 1.